The van der Waals surface area contributed by atoms with Crippen molar-refractivity contribution in [3.63, 3.8) is 0 Å². The van der Waals surface area contributed by atoms with E-state index in [4.69, 9.17) is 4.42 Å². The Kier molecular flexibility index (Phi) is 6.23. The number of likely N-dealkylation sites (tertiary alicyclic amines) is 1. The zero-order chi connectivity index (χ0) is 25.4. The predicted molar refractivity (Wildman–Crippen MR) is 120 cm³/mol. The number of halogens is 4. The van der Waals surface area contributed by atoms with E-state index in [1.165, 1.54) is 41.3 Å². The SMILES string of the molecule is O=C(C1CC(=O)N(c2ccc(F)cc2)C1)N1CCCC(c2nnc(-c3ccc(C(F)(F)F)cc3)o2)C1. The van der Waals surface area contributed by atoms with Crippen molar-refractivity contribution in [3.8, 4) is 11.5 Å². The zero-order valence-electron chi connectivity index (χ0n) is 19.0. The van der Waals surface area contributed by atoms with Crippen LogP contribution >= 0.6 is 0 Å². The van der Waals surface area contributed by atoms with Crippen molar-refractivity contribution < 1.29 is 31.6 Å². The van der Waals surface area contributed by atoms with E-state index in [1.54, 1.807) is 4.90 Å². The number of amides is 2. The van der Waals surface area contributed by atoms with Crippen molar-refractivity contribution in [2.75, 3.05) is 24.5 Å². The van der Waals surface area contributed by atoms with Crippen molar-refractivity contribution in [1.82, 2.24) is 15.1 Å². The smallest absolute Gasteiger partial charge is 0.416 e. The molecule has 2 fully saturated rings. The second kappa shape index (κ2) is 9.36. The lowest BCUT2D eigenvalue weighted by Gasteiger charge is -2.32. The Morgan fingerprint density at radius 1 is 1.00 bits per heavy atom. The molecule has 1 aromatic heterocycles. The van der Waals surface area contributed by atoms with Gasteiger partial charge in [0, 0.05) is 37.3 Å². The lowest BCUT2D eigenvalue weighted by molar-refractivity contribution is -0.138. The highest BCUT2D eigenvalue weighted by molar-refractivity contribution is 6.00. The van der Waals surface area contributed by atoms with Gasteiger partial charge in [0.15, 0.2) is 0 Å². The van der Waals surface area contributed by atoms with Crippen LogP contribution < -0.4 is 4.90 Å². The van der Waals surface area contributed by atoms with E-state index in [1.807, 2.05) is 0 Å². The number of anilines is 1. The summed E-state index contributed by atoms with van der Waals surface area (Å²) < 4.78 is 57.4. The fraction of sp³-hybridized carbons (Fsp3) is 0.360. The molecule has 2 amide bonds. The van der Waals surface area contributed by atoms with Gasteiger partial charge < -0.3 is 14.2 Å². The van der Waals surface area contributed by atoms with Gasteiger partial charge in [-0.15, -0.1) is 10.2 Å². The van der Waals surface area contributed by atoms with Gasteiger partial charge >= 0.3 is 6.18 Å². The van der Waals surface area contributed by atoms with Crippen LogP contribution in [0.15, 0.2) is 52.9 Å². The Morgan fingerprint density at radius 3 is 2.42 bits per heavy atom. The number of carbonyl (C=O) groups excluding carboxylic acids is 2. The number of rotatable bonds is 4. The number of hydrogen-bond donors (Lipinski definition) is 0. The number of hydrogen-bond acceptors (Lipinski definition) is 5. The monoisotopic (exact) mass is 502 g/mol. The molecule has 3 aromatic rings. The molecule has 2 aromatic carbocycles. The minimum Gasteiger partial charge on any atom is -0.420 e. The number of nitrogens with zero attached hydrogens (tertiary/aromatic N) is 4. The maximum absolute atomic E-state index is 13.2. The highest BCUT2D eigenvalue weighted by atomic mass is 19.4. The summed E-state index contributed by atoms with van der Waals surface area (Å²) >= 11 is 0. The third-order valence-corrected chi connectivity index (χ3v) is 6.59. The maximum atomic E-state index is 13.2. The molecular weight excluding hydrogens is 480 g/mol. The second-order valence-corrected chi connectivity index (χ2v) is 9.03. The largest absolute Gasteiger partial charge is 0.420 e. The molecule has 2 atom stereocenters. The average molecular weight is 502 g/mol. The van der Waals surface area contributed by atoms with Gasteiger partial charge in [-0.05, 0) is 61.4 Å². The number of aromatic nitrogens is 2. The molecule has 0 radical (unpaired) electrons. The average Bonchev–Trinajstić information content (AvgIpc) is 3.51. The summed E-state index contributed by atoms with van der Waals surface area (Å²) in [5.74, 6) is -1.03. The maximum Gasteiger partial charge on any atom is 0.416 e. The highest BCUT2D eigenvalue weighted by Crippen LogP contribution is 2.33. The van der Waals surface area contributed by atoms with Gasteiger partial charge in [-0.3, -0.25) is 9.59 Å². The third-order valence-electron chi connectivity index (χ3n) is 6.59. The molecular formula is C25H22F4N4O3. The summed E-state index contributed by atoms with van der Waals surface area (Å²) in [6.45, 7) is 1.11. The van der Waals surface area contributed by atoms with Gasteiger partial charge in [0.05, 0.1) is 17.4 Å². The van der Waals surface area contributed by atoms with Crippen LogP contribution in [-0.4, -0.2) is 46.5 Å². The molecule has 2 unspecified atom stereocenters. The number of carbonyl (C=O) groups is 2. The van der Waals surface area contributed by atoms with Crippen LogP contribution in [0, 0.1) is 11.7 Å². The number of alkyl halides is 3. The van der Waals surface area contributed by atoms with E-state index in [0.29, 0.717) is 43.1 Å². The van der Waals surface area contributed by atoms with E-state index in [9.17, 15) is 27.2 Å². The Morgan fingerprint density at radius 2 is 1.72 bits per heavy atom. The predicted octanol–water partition coefficient (Wildman–Crippen LogP) is 4.65. The topological polar surface area (TPSA) is 79.5 Å². The lowest BCUT2D eigenvalue weighted by Crippen LogP contribution is -2.43. The van der Waals surface area contributed by atoms with Crippen molar-refractivity contribution in [1.29, 1.82) is 0 Å². The first-order valence-electron chi connectivity index (χ1n) is 11.5. The standard InChI is InChI=1S/C25H22F4N4O3/c26-19-7-9-20(10-8-19)33-14-17(12-21(33)34)24(35)32-11-1-2-16(13-32)23-31-30-22(36-23)15-3-5-18(6-4-15)25(27,28)29/h3-10,16-17H,1-2,11-14H2. The molecule has 5 rings (SSSR count). The van der Waals surface area contributed by atoms with Crippen LogP contribution in [0.1, 0.15) is 36.6 Å². The second-order valence-electron chi connectivity index (χ2n) is 9.03. The van der Waals surface area contributed by atoms with Crippen LogP contribution in [-0.2, 0) is 15.8 Å². The molecule has 2 aliphatic heterocycles. The molecule has 0 saturated carbocycles. The minimum atomic E-state index is -4.43. The molecule has 3 heterocycles. The van der Waals surface area contributed by atoms with Crippen LogP contribution in [0.2, 0.25) is 0 Å². The molecule has 0 bridgehead atoms. The summed E-state index contributed by atoms with van der Waals surface area (Å²) in [6, 6.07) is 10.0. The van der Waals surface area contributed by atoms with Gasteiger partial charge in [0.1, 0.15) is 5.82 Å². The molecule has 7 nitrogen and oxygen atoms in total. The van der Waals surface area contributed by atoms with Gasteiger partial charge in [0.2, 0.25) is 23.6 Å². The van der Waals surface area contributed by atoms with Crippen LogP contribution in [0.25, 0.3) is 11.5 Å². The van der Waals surface area contributed by atoms with E-state index < -0.39 is 23.5 Å². The molecule has 2 saturated heterocycles. The van der Waals surface area contributed by atoms with E-state index in [-0.39, 0.29) is 36.6 Å². The molecule has 0 aliphatic carbocycles. The van der Waals surface area contributed by atoms with Crippen molar-refractivity contribution in [2.24, 2.45) is 5.92 Å². The number of piperidine rings is 1. The fourth-order valence-corrected chi connectivity index (χ4v) is 4.70. The van der Waals surface area contributed by atoms with E-state index in [0.717, 1.165) is 12.1 Å². The quantitative estimate of drug-likeness (QED) is 0.485. The normalized spacial score (nSPS) is 20.7. The van der Waals surface area contributed by atoms with Crippen molar-refractivity contribution in [3.05, 3.63) is 65.8 Å². The first kappa shape index (κ1) is 24.0. The molecule has 36 heavy (non-hydrogen) atoms. The molecule has 11 heteroatoms. The number of benzene rings is 2. The Balaban J connectivity index is 1.24. The third kappa shape index (κ3) is 4.82. The summed E-state index contributed by atoms with van der Waals surface area (Å²) in [4.78, 5) is 28.9. The summed E-state index contributed by atoms with van der Waals surface area (Å²) in [6.07, 6.45) is -2.94. The summed E-state index contributed by atoms with van der Waals surface area (Å²) in [5, 5.41) is 8.06. The highest BCUT2D eigenvalue weighted by Gasteiger charge is 2.39. The van der Waals surface area contributed by atoms with Crippen molar-refractivity contribution >= 4 is 17.5 Å². The Labute approximate surface area is 203 Å². The van der Waals surface area contributed by atoms with E-state index >= 15 is 0 Å². The summed E-state index contributed by atoms with van der Waals surface area (Å²) in [5.41, 5.74) is 0.154. The molecule has 2 aliphatic rings. The first-order chi connectivity index (χ1) is 17.2. The zero-order valence-corrected chi connectivity index (χ0v) is 19.0. The molecule has 0 spiro atoms. The van der Waals surface area contributed by atoms with Crippen LogP contribution in [0.4, 0.5) is 23.2 Å². The van der Waals surface area contributed by atoms with Gasteiger partial charge in [-0.25, -0.2) is 4.39 Å². The van der Waals surface area contributed by atoms with E-state index in [2.05, 4.69) is 10.2 Å². The van der Waals surface area contributed by atoms with Gasteiger partial charge in [-0.2, -0.15) is 13.2 Å². The Hall–Kier alpha value is -3.76. The van der Waals surface area contributed by atoms with Crippen LogP contribution in [0.5, 0.6) is 0 Å². The molecule has 188 valence electrons. The van der Waals surface area contributed by atoms with Gasteiger partial charge in [-0.1, -0.05) is 0 Å². The Bertz CT molecular complexity index is 1260. The molecule has 0 N–H and O–H groups in total. The first-order valence-corrected chi connectivity index (χ1v) is 11.5. The minimum absolute atomic E-state index is 0.0794. The fourth-order valence-electron chi connectivity index (χ4n) is 4.70. The lowest BCUT2D eigenvalue weighted by atomic mass is 9.96. The summed E-state index contributed by atoms with van der Waals surface area (Å²) in [7, 11) is 0. The van der Waals surface area contributed by atoms with Gasteiger partial charge in [0.25, 0.3) is 0 Å². The van der Waals surface area contributed by atoms with Crippen molar-refractivity contribution in [2.45, 2.75) is 31.4 Å². The van der Waals surface area contributed by atoms with Crippen LogP contribution in [0.3, 0.4) is 0 Å².